The van der Waals surface area contributed by atoms with E-state index in [2.05, 4.69) is 5.32 Å². The summed E-state index contributed by atoms with van der Waals surface area (Å²) in [6, 6.07) is 18.1. The van der Waals surface area contributed by atoms with Crippen molar-refractivity contribution in [2.75, 3.05) is 10.2 Å². The Bertz CT molecular complexity index is 1600. The van der Waals surface area contributed by atoms with Gasteiger partial charge < -0.3 is 9.73 Å². The molecule has 2 aliphatic rings. The number of hydrogen-bond donors (Lipinski definition) is 1. The molecule has 1 saturated heterocycles. The number of amides is 3. The Morgan fingerprint density at radius 2 is 1.63 bits per heavy atom. The van der Waals surface area contributed by atoms with Gasteiger partial charge in [0.05, 0.1) is 33.7 Å². The van der Waals surface area contributed by atoms with Crippen LogP contribution in [0.15, 0.2) is 81.2 Å². The highest BCUT2D eigenvalue weighted by Gasteiger charge is 2.57. The van der Waals surface area contributed by atoms with Crippen molar-refractivity contribution in [2.45, 2.75) is 36.6 Å². The summed E-state index contributed by atoms with van der Waals surface area (Å²) in [7, 11) is 0. The van der Waals surface area contributed by atoms with Crippen molar-refractivity contribution in [2.24, 2.45) is 5.92 Å². The van der Waals surface area contributed by atoms with Gasteiger partial charge >= 0.3 is 4.87 Å². The van der Waals surface area contributed by atoms with Gasteiger partial charge in [0.15, 0.2) is 0 Å². The largest absolute Gasteiger partial charge is 0.469 e. The minimum absolute atomic E-state index is 0.211. The van der Waals surface area contributed by atoms with Crippen molar-refractivity contribution < 1.29 is 18.8 Å². The summed E-state index contributed by atoms with van der Waals surface area (Å²) in [5.74, 6) is -1.87. The number of benzene rings is 2. The Hall–Kier alpha value is -3.89. The summed E-state index contributed by atoms with van der Waals surface area (Å²) >= 11 is 2.17. The number of hydrogen-bond acceptors (Lipinski definition) is 7. The van der Waals surface area contributed by atoms with Crippen molar-refractivity contribution in [1.29, 1.82) is 0 Å². The molecule has 0 radical (unpaired) electrons. The van der Waals surface area contributed by atoms with Gasteiger partial charge in [0.1, 0.15) is 17.6 Å². The number of carbonyl (C=O) groups is 3. The normalized spacial score (nSPS) is 20.4. The number of thiazole rings is 1. The fourth-order valence-corrected chi connectivity index (χ4v) is 7.71. The number of anilines is 2. The molecule has 4 aromatic rings. The average Bonchev–Trinajstić information content (AvgIpc) is 3.59. The van der Waals surface area contributed by atoms with Gasteiger partial charge in [-0.05, 0) is 50.2 Å². The number of carbonyl (C=O) groups excluding carboxylic acids is 3. The van der Waals surface area contributed by atoms with E-state index < -0.39 is 17.1 Å². The van der Waals surface area contributed by atoms with Gasteiger partial charge in [-0.25, -0.2) is 4.90 Å². The molecule has 38 heavy (non-hydrogen) atoms. The number of imide groups is 1. The lowest BCUT2D eigenvalue weighted by Gasteiger charge is -2.29. The summed E-state index contributed by atoms with van der Waals surface area (Å²) in [5.41, 5.74) is 3.22. The molecule has 0 saturated carbocycles. The molecule has 0 spiro atoms. The molecule has 1 fully saturated rings. The highest BCUT2D eigenvalue weighted by Crippen LogP contribution is 2.53. The predicted octanol–water partition coefficient (Wildman–Crippen LogP) is 4.55. The fourth-order valence-electron chi connectivity index (χ4n) is 4.96. The molecule has 0 bridgehead atoms. The lowest BCUT2D eigenvalue weighted by molar-refractivity contribution is -0.122. The lowest BCUT2D eigenvalue weighted by atomic mass is 9.87. The van der Waals surface area contributed by atoms with Crippen LogP contribution in [0.5, 0.6) is 0 Å². The van der Waals surface area contributed by atoms with Gasteiger partial charge in [-0.2, -0.15) is 0 Å². The zero-order valence-electron chi connectivity index (χ0n) is 20.5. The van der Waals surface area contributed by atoms with Crippen molar-refractivity contribution in [3.63, 3.8) is 0 Å². The van der Waals surface area contributed by atoms with Crippen LogP contribution in [0.2, 0.25) is 0 Å². The van der Waals surface area contributed by atoms with Gasteiger partial charge in [0.2, 0.25) is 17.7 Å². The Morgan fingerprint density at radius 3 is 2.29 bits per heavy atom. The molecule has 2 aromatic heterocycles. The second kappa shape index (κ2) is 9.45. The first-order valence-corrected chi connectivity index (χ1v) is 13.8. The van der Waals surface area contributed by atoms with Crippen molar-refractivity contribution in [3.05, 3.63) is 98.4 Å². The summed E-state index contributed by atoms with van der Waals surface area (Å²) in [5, 5.41) is 2.59. The number of nitrogens with one attached hydrogen (secondary N) is 1. The summed E-state index contributed by atoms with van der Waals surface area (Å²) in [6.45, 7) is 3.68. The van der Waals surface area contributed by atoms with Crippen molar-refractivity contribution in [1.82, 2.24) is 4.57 Å². The van der Waals surface area contributed by atoms with E-state index in [4.69, 9.17) is 4.42 Å². The fraction of sp³-hybridized carbons (Fsp3) is 0.214. The summed E-state index contributed by atoms with van der Waals surface area (Å²) in [4.78, 5) is 55.0. The van der Waals surface area contributed by atoms with Crippen LogP contribution in [0.3, 0.4) is 0 Å². The molecule has 3 atom stereocenters. The number of nitrogens with zero attached hydrogens (tertiary/aromatic N) is 2. The van der Waals surface area contributed by atoms with E-state index in [0.717, 1.165) is 22.5 Å². The highest BCUT2D eigenvalue weighted by atomic mass is 32.2. The molecular weight excluding hydrogens is 522 g/mol. The second-order valence-electron chi connectivity index (χ2n) is 9.44. The molecule has 0 unspecified atom stereocenters. The van der Waals surface area contributed by atoms with Crippen LogP contribution in [-0.4, -0.2) is 27.5 Å². The number of fused-ring (bicyclic) bond motifs is 2. The molecule has 8 nitrogen and oxygen atoms in total. The zero-order valence-corrected chi connectivity index (χ0v) is 22.2. The van der Waals surface area contributed by atoms with Crippen LogP contribution in [0, 0.1) is 19.8 Å². The first-order chi connectivity index (χ1) is 18.3. The Kier molecular flexibility index (Phi) is 6.08. The number of aryl methyl sites for hydroxylation is 2. The maximum Gasteiger partial charge on any atom is 0.308 e. The van der Waals surface area contributed by atoms with E-state index in [1.54, 1.807) is 36.4 Å². The van der Waals surface area contributed by atoms with Crippen molar-refractivity contribution in [3.8, 4) is 0 Å². The average molecular weight is 546 g/mol. The van der Waals surface area contributed by atoms with Crippen LogP contribution in [-0.2, 0) is 20.9 Å². The van der Waals surface area contributed by atoms with Gasteiger partial charge in [-0.1, -0.05) is 58.5 Å². The number of furan rings is 1. The first-order valence-electron chi connectivity index (χ1n) is 12.1. The van der Waals surface area contributed by atoms with Crippen LogP contribution in [0.1, 0.15) is 27.7 Å². The van der Waals surface area contributed by atoms with Crippen LogP contribution < -0.4 is 15.1 Å². The molecule has 192 valence electrons. The van der Waals surface area contributed by atoms with Gasteiger partial charge in [0, 0.05) is 5.69 Å². The smallest absolute Gasteiger partial charge is 0.308 e. The van der Waals surface area contributed by atoms with Crippen LogP contribution >= 0.6 is 23.1 Å². The molecule has 0 aliphatic carbocycles. The van der Waals surface area contributed by atoms with Crippen LogP contribution in [0.25, 0.3) is 0 Å². The van der Waals surface area contributed by atoms with E-state index in [1.165, 1.54) is 27.5 Å². The third kappa shape index (κ3) is 4.10. The minimum atomic E-state index is -0.758. The molecule has 1 N–H and O–H groups in total. The van der Waals surface area contributed by atoms with E-state index in [9.17, 15) is 19.2 Å². The molecular formula is C28H23N3O5S2. The standard InChI is InChI=1S/C28H23N3O5S2/c1-15-5-9-17(10-6-15)29-20(32)14-30-27-24(38-28(30)35)21(19-4-3-13-36-19)22-23(37-27)26(34)31(25(22)33)18-11-7-16(2)8-12-18/h3-13,21-23H,14H2,1-2H3,(H,29,32)/t21-,22-,23+/m0/s1. The van der Waals surface area contributed by atoms with Gasteiger partial charge in [-0.3, -0.25) is 23.7 Å². The Morgan fingerprint density at radius 1 is 0.947 bits per heavy atom. The van der Waals surface area contributed by atoms with E-state index in [0.29, 0.717) is 27.0 Å². The summed E-state index contributed by atoms with van der Waals surface area (Å²) < 4.78 is 7.12. The van der Waals surface area contributed by atoms with Crippen molar-refractivity contribution >= 4 is 52.2 Å². The zero-order chi connectivity index (χ0) is 26.6. The topological polar surface area (TPSA) is 102 Å². The number of thioether (sulfide) groups is 1. The van der Waals surface area contributed by atoms with Gasteiger partial charge in [-0.15, -0.1) is 0 Å². The third-order valence-electron chi connectivity index (χ3n) is 6.83. The molecule has 3 amide bonds. The SMILES string of the molecule is Cc1ccc(NC(=O)Cn2c3c(sc2=O)[C@@H](c2ccco2)[C@@H]2C(=O)N(c4ccc(C)cc4)C(=O)[C@@H]2S3)cc1. The highest BCUT2D eigenvalue weighted by molar-refractivity contribution is 8.00. The second-order valence-corrected chi connectivity index (χ2v) is 11.6. The summed E-state index contributed by atoms with van der Waals surface area (Å²) in [6.07, 6.45) is 1.51. The predicted molar refractivity (Wildman–Crippen MR) is 146 cm³/mol. The Labute approximate surface area is 226 Å². The molecule has 6 rings (SSSR count). The minimum Gasteiger partial charge on any atom is -0.469 e. The number of rotatable bonds is 5. The maximum absolute atomic E-state index is 13.8. The first kappa shape index (κ1) is 24.4. The molecule has 2 aliphatic heterocycles. The van der Waals surface area contributed by atoms with Crippen LogP contribution in [0.4, 0.5) is 11.4 Å². The molecule has 4 heterocycles. The lowest BCUT2D eigenvalue weighted by Crippen LogP contribution is -2.32. The van der Waals surface area contributed by atoms with E-state index in [-0.39, 0.29) is 29.1 Å². The third-order valence-corrected chi connectivity index (χ3v) is 9.43. The monoisotopic (exact) mass is 545 g/mol. The van der Waals surface area contributed by atoms with E-state index >= 15 is 0 Å². The number of aromatic nitrogens is 1. The van der Waals surface area contributed by atoms with E-state index in [1.807, 2.05) is 38.1 Å². The quantitative estimate of drug-likeness (QED) is 0.369. The molecule has 2 aromatic carbocycles. The molecule has 10 heteroatoms. The Balaban J connectivity index is 1.38. The maximum atomic E-state index is 13.8. The van der Waals surface area contributed by atoms with Gasteiger partial charge in [0.25, 0.3) is 0 Å².